The van der Waals surface area contributed by atoms with Gasteiger partial charge in [-0.3, -0.25) is 24.0 Å². The number of nitrogens with one attached hydrogen (secondary N) is 2. The Morgan fingerprint density at radius 1 is 0.754 bits per heavy atom. The summed E-state index contributed by atoms with van der Waals surface area (Å²) < 4.78 is 6.44. The van der Waals surface area contributed by atoms with E-state index in [2.05, 4.69) is 59.1 Å². The molecule has 0 bridgehead atoms. The average Bonchev–Trinajstić information content (AvgIpc) is 3.47. The molecule has 10 heteroatoms. The number of amides is 2. The normalized spacial score (nSPS) is 39.4. The van der Waals surface area contributed by atoms with Crippen molar-refractivity contribution in [2.45, 2.75) is 176 Å². The fourth-order valence-corrected chi connectivity index (χ4v) is 15.8. The summed E-state index contributed by atoms with van der Waals surface area (Å²) in [6, 6.07) is 6.78. The second-order valence-electron chi connectivity index (χ2n) is 23.1. The van der Waals surface area contributed by atoms with Crippen LogP contribution in [0.2, 0.25) is 5.02 Å². The molecular weight excluding hydrogens is 788 g/mol. The standard InChI is InChI=1S/C51H71ClN2O7/c1-29(2)39-35(55)28-51(54-44(60)50(21-11-10-12-22-50)53-41(56)30-13-15-31(52)16-14-30)26-25-48(8)32(40(39)51)17-18-37-47(7)23-20-38(46(5,6)36(47)19-24-49(37,48)9)61-43(59)34-27-33(42(57)58)45(34,3)4/h13-16,29,32-34,36-38H,10-12,17-28H2,1-9H3,(H,53,56)(H,54,60)(H,57,58)/t32-,33+,34?,36+,37-,38+,47+,48-,49-,51-/m1/s1. The quantitative estimate of drug-likeness (QED) is 0.221. The molecule has 9 nitrogen and oxygen atoms in total. The van der Waals surface area contributed by atoms with Crippen LogP contribution in [0.15, 0.2) is 35.4 Å². The highest BCUT2D eigenvalue weighted by molar-refractivity contribution is 6.30. The van der Waals surface area contributed by atoms with Crippen LogP contribution >= 0.6 is 11.6 Å². The molecule has 10 atom stereocenters. The third-order valence-corrected chi connectivity index (χ3v) is 19.7. The van der Waals surface area contributed by atoms with E-state index < -0.39 is 34.3 Å². The first kappa shape index (κ1) is 44.4. The number of aliphatic carboxylic acids is 1. The summed E-state index contributed by atoms with van der Waals surface area (Å²) in [5.41, 5.74) is -0.265. The molecule has 3 N–H and O–H groups in total. The fraction of sp³-hybridized carbons (Fsp3) is 0.745. The van der Waals surface area contributed by atoms with E-state index in [0.29, 0.717) is 48.1 Å². The minimum atomic E-state index is -1.06. The molecule has 6 saturated carbocycles. The molecule has 0 radical (unpaired) electrons. The highest BCUT2D eigenvalue weighted by Gasteiger charge is 2.71. The number of esters is 1. The molecule has 0 spiro atoms. The number of ether oxygens (including phenoxy) is 1. The fourth-order valence-electron chi connectivity index (χ4n) is 15.7. The molecular formula is C51H71ClN2O7. The van der Waals surface area contributed by atoms with E-state index in [4.69, 9.17) is 16.3 Å². The van der Waals surface area contributed by atoms with Crippen molar-refractivity contribution in [3.05, 3.63) is 46.0 Å². The predicted octanol–water partition coefficient (Wildman–Crippen LogP) is 10.3. The second kappa shape index (κ2) is 14.9. The van der Waals surface area contributed by atoms with Crippen LogP contribution in [-0.2, 0) is 23.9 Å². The Kier molecular flexibility index (Phi) is 10.9. The maximum atomic E-state index is 15.0. The van der Waals surface area contributed by atoms with Gasteiger partial charge in [0.05, 0.1) is 17.4 Å². The number of Topliss-reactive ketones (excluding diaryl/α,β-unsaturated/α-hetero) is 1. The van der Waals surface area contributed by atoms with Crippen molar-refractivity contribution in [3.8, 4) is 0 Å². The number of benzene rings is 1. The van der Waals surface area contributed by atoms with Gasteiger partial charge in [-0.1, -0.05) is 93.2 Å². The molecule has 1 aromatic rings. The zero-order valence-corrected chi connectivity index (χ0v) is 39.0. The van der Waals surface area contributed by atoms with Crippen LogP contribution in [0.5, 0.6) is 0 Å². The maximum Gasteiger partial charge on any atom is 0.309 e. The Labute approximate surface area is 368 Å². The van der Waals surface area contributed by atoms with Gasteiger partial charge >= 0.3 is 11.9 Å². The molecule has 6 fully saturated rings. The Morgan fingerprint density at radius 3 is 2.05 bits per heavy atom. The summed E-state index contributed by atoms with van der Waals surface area (Å²) in [5, 5.41) is 17.1. The SMILES string of the molecule is CC(C)C1=C2[C@H]3CC[C@@H]4[C@@]5(C)CC[C@H](OC(=O)C6C[C@@H](C(=O)O)C6(C)C)C(C)(C)[C@@H]5CC[C@@]4(C)[C@]3(C)CC[C@@]2(NC(=O)C2(NC(=O)c3ccc(Cl)cc3)CCCCC2)CC1=O. The number of allylic oxidation sites excluding steroid dienone is 1. The van der Waals surface area contributed by atoms with Crippen molar-refractivity contribution in [1.82, 2.24) is 10.6 Å². The molecule has 0 heterocycles. The van der Waals surface area contributed by atoms with Crippen molar-refractivity contribution in [1.29, 1.82) is 0 Å². The van der Waals surface area contributed by atoms with Gasteiger partial charge in [-0.05, 0) is 151 Å². The predicted molar refractivity (Wildman–Crippen MR) is 235 cm³/mol. The summed E-state index contributed by atoms with van der Waals surface area (Å²) in [6.07, 6.45) is 11.6. The van der Waals surface area contributed by atoms with Crippen LogP contribution < -0.4 is 10.6 Å². The summed E-state index contributed by atoms with van der Waals surface area (Å²) >= 11 is 6.14. The van der Waals surface area contributed by atoms with E-state index in [-0.39, 0.29) is 69.6 Å². The monoisotopic (exact) mass is 858 g/mol. The van der Waals surface area contributed by atoms with Gasteiger partial charge in [-0.15, -0.1) is 0 Å². The number of fused-ring (bicyclic) bond motifs is 7. The maximum absolute atomic E-state index is 15.0. The van der Waals surface area contributed by atoms with Gasteiger partial charge in [0.1, 0.15) is 11.6 Å². The van der Waals surface area contributed by atoms with Gasteiger partial charge < -0.3 is 20.5 Å². The smallest absolute Gasteiger partial charge is 0.309 e. The molecule has 0 saturated heterocycles. The van der Waals surface area contributed by atoms with Crippen LogP contribution in [0.3, 0.4) is 0 Å². The lowest BCUT2D eigenvalue weighted by Crippen LogP contribution is -2.69. The Hall–Kier alpha value is -3.20. The third kappa shape index (κ3) is 6.60. The van der Waals surface area contributed by atoms with E-state index in [9.17, 15) is 24.3 Å². The van der Waals surface area contributed by atoms with E-state index in [1.165, 1.54) is 5.57 Å². The van der Waals surface area contributed by atoms with Crippen LogP contribution in [0, 0.1) is 62.6 Å². The number of carboxylic acids is 1. The zero-order valence-electron chi connectivity index (χ0n) is 38.2. The lowest BCUT2D eigenvalue weighted by atomic mass is 9.33. The van der Waals surface area contributed by atoms with Gasteiger partial charge in [-0.2, -0.15) is 0 Å². The van der Waals surface area contributed by atoms with E-state index in [1.54, 1.807) is 24.3 Å². The highest BCUT2D eigenvalue weighted by Crippen LogP contribution is 2.76. The molecule has 61 heavy (non-hydrogen) atoms. The second-order valence-corrected chi connectivity index (χ2v) is 23.6. The summed E-state index contributed by atoms with van der Waals surface area (Å²) in [5.74, 6) is -1.36. The van der Waals surface area contributed by atoms with Crippen molar-refractivity contribution < 1.29 is 33.8 Å². The minimum Gasteiger partial charge on any atom is -0.481 e. The summed E-state index contributed by atoms with van der Waals surface area (Å²) in [6.45, 7) is 20.2. The first-order valence-electron chi connectivity index (χ1n) is 23.6. The minimum absolute atomic E-state index is 0.0173. The lowest BCUT2D eigenvalue weighted by molar-refractivity contribution is -0.235. The Morgan fingerprint density at radius 2 is 1.43 bits per heavy atom. The van der Waals surface area contributed by atoms with Crippen molar-refractivity contribution >= 4 is 41.1 Å². The number of carboxylic acid groups (broad SMARTS) is 1. The largest absolute Gasteiger partial charge is 0.481 e. The van der Waals surface area contributed by atoms with Crippen LogP contribution in [-0.4, -0.2) is 51.8 Å². The molecule has 7 aliphatic carbocycles. The number of carbonyl (C=O) groups is 5. The van der Waals surface area contributed by atoms with Crippen molar-refractivity contribution in [2.75, 3.05) is 0 Å². The molecule has 1 unspecified atom stereocenters. The molecule has 8 rings (SSSR count). The van der Waals surface area contributed by atoms with E-state index in [0.717, 1.165) is 69.8 Å². The van der Waals surface area contributed by atoms with Crippen molar-refractivity contribution in [2.24, 2.45) is 62.6 Å². The van der Waals surface area contributed by atoms with Crippen molar-refractivity contribution in [3.63, 3.8) is 0 Å². The molecule has 334 valence electrons. The number of carbonyl (C=O) groups excluding carboxylic acids is 4. The Bertz CT molecular complexity index is 2030. The van der Waals surface area contributed by atoms with Gasteiger partial charge in [0.2, 0.25) is 5.91 Å². The van der Waals surface area contributed by atoms with E-state index >= 15 is 4.79 Å². The first-order chi connectivity index (χ1) is 28.5. The molecule has 0 aliphatic heterocycles. The van der Waals surface area contributed by atoms with Crippen LogP contribution in [0.1, 0.15) is 169 Å². The number of halogens is 1. The lowest BCUT2D eigenvalue weighted by Gasteiger charge is -2.72. The summed E-state index contributed by atoms with van der Waals surface area (Å²) in [7, 11) is 0. The highest BCUT2D eigenvalue weighted by atomic mass is 35.5. The topological polar surface area (TPSA) is 139 Å². The van der Waals surface area contributed by atoms with Crippen LogP contribution in [0.4, 0.5) is 0 Å². The third-order valence-electron chi connectivity index (χ3n) is 19.4. The number of ketones is 1. The molecule has 1 aromatic carbocycles. The summed E-state index contributed by atoms with van der Waals surface area (Å²) in [4.78, 5) is 68.6. The van der Waals surface area contributed by atoms with Gasteiger partial charge in [0.15, 0.2) is 5.78 Å². The molecule has 2 amide bonds. The van der Waals surface area contributed by atoms with Crippen LogP contribution in [0.25, 0.3) is 0 Å². The van der Waals surface area contributed by atoms with Gasteiger partial charge in [0.25, 0.3) is 5.91 Å². The number of rotatable bonds is 8. The molecule has 7 aliphatic rings. The number of hydrogen-bond donors (Lipinski definition) is 3. The van der Waals surface area contributed by atoms with E-state index in [1.807, 2.05) is 13.8 Å². The first-order valence-corrected chi connectivity index (χ1v) is 24.0. The van der Waals surface area contributed by atoms with Gasteiger partial charge in [0, 0.05) is 22.4 Å². The average molecular weight is 860 g/mol. The zero-order chi connectivity index (χ0) is 44.3. The molecule has 0 aromatic heterocycles. The number of hydrogen-bond acceptors (Lipinski definition) is 6. The Balaban J connectivity index is 1.06. The van der Waals surface area contributed by atoms with Gasteiger partial charge in [-0.25, -0.2) is 0 Å².